The van der Waals surface area contributed by atoms with Gasteiger partial charge < -0.3 is 5.32 Å². The first-order valence-corrected chi connectivity index (χ1v) is 11.9. The molecule has 8 nitrogen and oxygen atoms in total. The largest absolute Gasteiger partial charge is 0.350 e. The van der Waals surface area contributed by atoms with Gasteiger partial charge in [-0.2, -0.15) is 5.10 Å². The number of aryl methyl sites for hydroxylation is 1. The molecule has 0 radical (unpaired) electrons. The molecule has 0 spiro atoms. The zero-order valence-electron chi connectivity index (χ0n) is 19.2. The van der Waals surface area contributed by atoms with Crippen LogP contribution in [0.15, 0.2) is 58.7 Å². The molecule has 0 aliphatic rings. The summed E-state index contributed by atoms with van der Waals surface area (Å²) in [4.78, 5) is 41.6. The van der Waals surface area contributed by atoms with Crippen LogP contribution < -0.4 is 16.2 Å². The van der Waals surface area contributed by atoms with Crippen LogP contribution in [0, 0.1) is 0 Å². The molecular weight excluding hydrogens is 450 g/mol. The summed E-state index contributed by atoms with van der Waals surface area (Å²) in [5, 5.41) is 13.3. The molecule has 2 amide bonds. The topological polar surface area (TPSA) is 106 Å². The van der Waals surface area contributed by atoms with Gasteiger partial charge in [-0.25, -0.2) is 9.67 Å². The van der Waals surface area contributed by atoms with Gasteiger partial charge in [0.25, 0.3) is 11.5 Å². The molecule has 2 aromatic carbocycles. The van der Waals surface area contributed by atoms with Gasteiger partial charge in [0.2, 0.25) is 5.91 Å². The van der Waals surface area contributed by atoms with Crippen LogP contribution in [0.1, 0.15) is 49.3 Å². The van der Waals surface area contributed by atoms with E-state index in [-0.39, 0.29) is 23.2 Å². The third-order valence-corrected chi connectivity index (χ3v) is 6.13. The second-order valence-electron chi connectivity index (χ2n) is 7.96. The summed E-state index contributed by atoms with van der Waals surface area (Å²) in [6.45, 7) is 5.80. The van der Waals surface area contributed by atoms with Crippen molar-refractivity contribution in [2.24, 2.45) is 0 Å². The van der Waals surface area contributed by atoms with E-state index in [0.717, 1.165) is 23.2 Å². The maximum atomic E-state index is 13.1. The van der Waals surface area contributed by atoms with Gasteiger partial charge in [0.05, 0.1) is 17.1 Å². The van der Waals surface area contributed by atoms with Crippen molar-refractivity contribution in [1.29, 1.82) is 0 Å². The smallest absolute Gasteiger partial charge is 0.278 e. The third kappa shape index (κ3) is 4.89. The van der Waals surface area contributed by atoms with E-state index in [1.54, 1.807) is 24.3 Å². The Morgan fingerprint density at radius 1 is 1.09 bits per heavy atom. The van der Waals surface area contributed by atoms with Crippen molar-refractivity contribution in [3.05, 3.63) is 75.5 Å². The third-order valence-electron chi connectivity index (χ3n) is 5.37. The number of aromatic nitrogens is 3. The van der Waals surface area contributed by atoms with E-state index in [9.17, 15) is 14.4 Å². The van der Waals surface area contributed by atoms with Gasteiger partial charge in [0, 0.05) is 29.8 Å². The lowest BCUT2D eigenvalue weighted by atomic mass is 10.1. The summed E-state index contributed by atoms with van der Waals surface area (Å²) in [7, 11) is 0. The SMILES string of the molecule is CCCn1nc(C(=O)Nc2nc(-c3ccc(C(C)NC(C)=O)cc3)cs2)c2ccccc2c1=O. The number of fused-ring (bicyclic) bond motifs is 1. The van der Waals surface area contributed by atoms with Crippen LogP contribution in [0.5, 0.6) is 0 Å². The second kappa shape index (κ2) is 9.96. The first-order valence-electron chi connectivity index (χ1n) is 11.0. The highest BCUT2D eigenvalue weighted by atomic mass is 32.1. The monoisotopic (exact) mass is 475 g/mol. The molecule has 1 atom stereocenters. The number of hydrogen-bond donors (Lipinski definition) is 2. The molecule has 0 saturated carbocycles. The van der Waals surface area contributed by atoms with Gasteiger partial charge in [-0.1, -0.05) is 49.4 Å². The van der Waals surface area contributed by atoms with Gasteiger partial charge in [-0.3, -0.25) is 19.7 Å². The number of hydrogen-bond acceptors (Lipinski definition) is 6. The number of thiazole rings is 1. The molecule has 0 bridgehead atoms. The molecule has 34 heavy (non-hydrogen) atoms. The predicted molar refractivity (Wildman–Crippen MR) is 134 cm³/mol. The molecule has 0 saturated heterocycles. The lowest BCUT2D eigenvalue weighted by Crippen LogP contribution is -2.27. The van der Waals surface area contributed by atoms with Crippen LogP contribution in [0.3, 0.4) is 0 Å². The average Bonchev–Trinajstić information content (AvgIpc) is 3.29. The molecule has 4 aromatic rings. The second-order valence-corrected chi connectivity index (χ2v) is 8.82. The fraction of sp³-hybridized carbons (Fsp3) is 0.240. The van der Waals surface area contributed by atoms with Gasteiger partial charge in [-0.05, 0) is 25.0 Å². The predicted octanol–water partition coefficient (Wildman–Crippen LogP) is 4.38. The fourth-order valence-electron chi connectivity index (χ4n) is 3.72. The van der Waals surface area contributed by atoms with Crippen molar-refractivity contribution in [3.63, 3.8) is 0 Å². The van der Waals surface area contributed by atoms with E-state index in [4.69, 9.17) is 0 Å². The number of carbonyl (C=O) groups excluding carboxylic acids is 2. The molecule has 4 rings (SSSR count). The normalized spacial score (nSPS) is 11.9. The number of rotatable bonds is 7. The Labute approximate surface area is 200 Å². The minimum atomic E-state index is -0.415. The molecule has 174 valence electrons. The van der Waals surface area contributed by atoms with E-state index >= 15 is 0 Å². The highest BCUT2D eigenvalue weighted by Crippen LogP contribution is 2.27. The Balaban J connectivity index is 1.56. The first kappa shape index (κ1) is 23.3. The number of anilines is 1. The highest BCUT2D eigenvalue weighted by Gasteiger charge is 2.18. The van der Waals surface area contributed by atoms with Crippen LogP contribution in [0.4, 0.5) is 5.13 Å². The van der Waals surface area contributed by atoms with Crippen molar-refractivity contribution in [3.8, 4) is 11.3 Å². The number of benzene rings is 2. The van der Waals surface area contributed by atoms with Crippen LogP contribution in [-0.4, -0.2) is 26.6 Å². The van der Waals surface area contributed by atoms with Crippen LogP contribution in [-0.2, 0) is 11.3 Å². The summed E-state index contributed by atoms with van der Waals surface area (Å²) < 4.78 is 1.34. The van der Waals surface area contributed by atoms with Crippen molar-refractivity contribution < 1.29 is 9.59 Å². The molecule has 0 aliphatic heterocycles. The maximum absolute atomic E-state index is 13.1. The van der Waals surface area contributed by atoms with Gasteiger partial charge in [0.1, 0.15) is 0 Å². The number of nitrogens with zero attached hydrogens (tertiary/aromatic N) is 3. The number of nitrogens with one attached hydrogen (secondary N) is 2. The van der Waals surface area contributed by atoms with Crippen LogP contribution in [0.25, 0.3) is 22.0 Å². The summed E-state index contributed by atoms with van der Waals surface area (Å²) in [6.07, 6.45) is 0.727. The lowest BCUT2D eigenvalue weighted by Gasteiger charge is -2.13. The van der Waals surface area contributed by atoms with E-state index in [1.807, 2.05) is 43.5 Å². The summed E-state index contributed by atoms with van der Waals surface area (Å²) in [5.74, 6) is -0.495. The summed E-state index contributed by atoms with van der Waals surface area (Å²) in [6, 6.07) is 14.7. The minimum absolute atomic E-state index is 0.0798. The summed E-state index contributed by atoms with van der Waals surface area (Å²) in [5.41, 5.74) is 2.60. The molecule has 9 heteroatoms. The van der Waals surface area contributed by atoms with Gasteiger partial charge in [-0.15, -0.1) is 11.3 Å². The molecule has 0 aliphatic carbocycles. The Bertz CT molecular complexity index is 1410. The molecule has 2 aromatic heterocycles. The molecule has 2 N–H and O–H groups in total. The first-order chi connectivity index (χ1) is 16.4. The van der Waals surface area contributed by atoms with Crippen LogP contribution >= 0.6 is 11.3 Å². The quantitative estimate of drug-likeness (QED) is 0.413. The molecule has 0 fully saturated rings. The van der Waals surface area contributed by atoms with Crippen molar-refractivity contribution in [2.75, 3.05) is 5.32 Å². The average molecular weight is 476 g/mol. The van der Waals surface area contributed by atoms with Crippen molar-refractivity contribution in [2.45, 2.75) is 39.8 Å². The van der Waals surface area contributed by atoms with Gasteiger partial charge in [0.15, 0.2) is 10.8 Å². The Morgan fingerprint density at radius 2 is 1.79 bits per heavy atom. The van der Waals surface area contributed by atoms with Crippen LogP contribution in [0.2, 0.25) is 0 Å². The van der Waals surface area contributed by atoms with E-state index in [2.05, 4.69) is 20.7 Å². The number of amides is 2. The molecular formula is C25H25N5O3S. The fourth-order valence-corrected chi connectivity index (χ4v) is 4.43. The Morgan fingerprint density at radius 3 is 2.47 bits per heavy atom. The minimum Gasteiger partial charge on any atom is -0.350 e. The highest BCUT2D eigenvalue weighted by molar-refractivity contribution is 7.14. The maximum Gasteiger partial charge on any atom is 0.278 e. The van der Waals surface area contributed by atoms with Crippen molar-refractivity contribution in [1.82, 2.24) is 20.1 Å². The summed E-state index contributed by atoms with van der Waals surface area (Å²) >= 11 is 1.31. The van der Waals surface area contributed by atoms with E-state index in [1.165, 1.54) is 22.9 Å². The van der Waals surface area contributed by atoms with Gasteiger partial charge >= 0.3 is 0 Å². The molecule has 2 heterocycles. The standard InChI is InChI=1S/C25H25N5O3S/c1-4-13-30-24(33)20-8-6-5-7-19(20)22(29-30)23(32)28-25-27-21(14-34-25)18-11-9-17(10-12-18)15(2)26-16(3)31/h5-12,14-15H,4,13H2,1-3H3,(H,26,31)(H,27,28,32). The zero-order valence-corrected chi connectivity index (χ0v) is 20.0. The lowest BCUT2D eigenvalue weighted by molar-refractivity contribution is -0.119. The Kier molecular flexibility index (Phi) is 6.83. The van der Waals surface area contributed by atoms with E-state index < -0.39 is 5.91 Å². The zero-order chi connectivity index (χ0) is 24.2. The Hall–Kier alpha value is -3.85. The number of carbonyl (C=O) groups is 2. The molecule has 1 unspecified atom stereocenters. The van der Waals surface area contributed by atoms with Crippen molar-refractivity contribution >= 4 is 39.1 Å². The van der Waals surface area contributed by atoms with E-state index in [0.29, 0.717) is 22.4 Å².